The zero-order valence-electron chi connectivity index (χ0n) is 8.09. The number of hydrogen-bond acceptors (Lipinski definition) is 3. The van der Waals surface area contributed by atoms with E-state index in [-0.39, 0.29) is 5.54 Å². The summed E-state index contributed by atoms with van der Waals surface area (Å²) in [7, 11) is 0. The fourth-order valence-corrected chi connectivity index (χ4v) is 1.93. The van der Waals surface area contributed by atoms with E-state index < -0.39 is 11.8 Å². The molecule has 5 heteroatoms. The van der Waals surface area contributed by atoms with Gasteiger partial charge in [-0.15, -0.1) is 0 Å². The van der Waals surface area contributed by atoms with Crippen LogP contribution in [-0.2, 0) is 9.59 Å². The average Bonchev–Trinajstić information content (AvgIpc) is 2.62. The highest BCUT2D eigenvalue weighted by molar-refractivity contribution is 6.45. The molecule has 1 aliphatic carbocycles. The van der Waals surface area contributed by atoms with Crippen LogP contribution in [0.15, 0.2) is 4.99 Å². The van der Waals surface area contributed by atoms with Crippen LogP contribution in [0.4, 0.5) is 0 Å². The van der Waals surface area contributed by atoms with Crippen molar-refractivity contribution in [1.29, 1.82) is 0 Å². The maximum atomic E-state index is 10.9. The minimum atomic E-state index is -0.620. The Balaban J connectivity index is 2.12. The van der Waals surface area contributed by atoms with E-state index in [0.29, 0.717) is 5.96 Å². The molecule has 0 aromatic carbocycles. The Bertz CT molecular complexity index is 298. The number of carbonyl (C=O) groups excluding carboxylic acids is 2. The van der Waals surface area contributed by atoms with Crippen LogP contribution in [-0.4, -0.2) is 23.3 Å². The topological polar surface area (TPSA) is 70.6 Å². The number of guanidine groups is 1. The van der Waals surface area contributed by atoms with Gasteiger partial charge in [0.15, 0.2) is 0 Å². The second kappa shape index (κ2) is 3.08. The first-order valence-electron chi connectivity index (χ1n) is 4.81. The highest BCUT2D eigenvalue weighted by Gasteiger charge is 2.32. The SMILES string of the molecule is CC1(N=C2NC(=O)C(=O)N2)CCCC1. The van der Waals surface area contributed by atoms with E-state index in [0.717, 1.165) is 25.7 Å². The molecular formula is C9H13N3O2. The van der Waals surface area contributed by atoms with Crippen molar-refractivity contribution in [3.8, 4) is 0 Å². The normalized spacial score (nSPS) is 24.8. The molecule has 1 aliphatic heterocycles. The summed E-state index contributed by atoms with van der Waals surface area (Å²) >= 11 is 0. The number of rotatable bonds is 1. The van der Waals surface area contributed by atoms with Crippen LogP contribution in [0, 0.1) is 0 Å². The van der Waals surface area contributed by atoms with Crippen molar-refractivity contribution in [3.63, 3.8) is 0 Å². The Hall–Kier alpha value is -1.39. The van der Waals surface area contributed by atoms with Crippen molar-refractivity contribution < 1.29 is 9.59 Å². The number of aliphatic imine (C=N–C) groups is 1. The third-order valence-corrected chi connectivity index (χ3v) is 2.73. The summed E-state index contributed by atoms with van der Waals surface area (Å²) in [6.45, 7) is 2.05. The molecule has 2 rings (SSSR count). The summed E-state index contributed by atoms with van der Waals surface area (Å²) in [6, 6.07) is 0. The van der Waals surface area contributed by atoms with Gasteiger partial charge in [-0.3, -0.25) is 20.2 Å². The molecule has 2 N–H and O–H groups in total. The van der Waals surface area contributed by atoms with Gasteiger partial charge in [0.05, 0.1) is 5.54 Å². The minimum Gasteiger partial charge on any atom is -0.288 e. The average molecular weight is 195 g/mol. The molecule has 0 unspecified atom stereocenters. The van der Waals surface area contributed by atoms with E-state index in [1.807, 2.05) is 6.92 Å². The summed E-state index contributed by atoms with van der Waals surface area (Å²) in [4.78, 5) is 26.1. The van der Waals surface area contributed by atoms with Gasteiger partial charge in [-0.05, 0) is 19.8 Å². The van der Waals surface area contributed by atoms with Gasteiger partial charge in [0.2, 0.25) is 5.96 Å². The highest BCUT2D eigenvalue weighted by atomic mass is 16.2. The molecule has 0 atom stereocenters. The second-order valence-electron chi connectivity index (χ2n) is 4.07. The maximum absolute atomic E-state index is 10.9. The predicted molar refractivity (Wildman–Crippen MR) is 50.6 cm³/mol. The van der Waals surface area contributed by atoms with Crippen LogP contribution in [0.25, 0.3) is 0 Å². The van der Waals surface area contributed by atoms with Crippen LogP contribution < -0.4 is 10.6 Å². The zero-order valence-corrected chi connectivity index (χ0v) is 8.09. The van der Waals surface area contributed by atoms with Crippen LogP contribution in [0.3, 0.4) is 0 Å². The van der Waals surface area contributed by atoms with Gasteiger partial charge in [-0.1, -0.05) is 12.8 Å². The summed E-state index contributed by atoms with van der Waals surface area (Å²) < 4.78 is 0. The summed E-state index contributed by atoms with van der Waals surface area (Å²) in [6.07, 6.45) is 4.36. The summed E-state index contributed by atoms with van der Waals surface area (Å²) in [5.41, 5.74) is -0.111. The van der Waals surface area contributed by atoms with E-state index in [9.17, 15) is 9.59 Å². The van der Waals surface area contributed by atoms with Gasteiger partial charge in [0.1, 0.15) is 0 Å². The van der Waals surface area contributed by atoms with Gasteiger partial charge in [0, 0.05) is 0 Å². The molecule has 2 fully saturated rings. The van der Waals surface area contributed by atoms with Gasteiger partial charge < -0.3 is 0 Å². The van der Waals surface area contributed by atoms with Crippen molar-refractivity contribution in [1.82, 2.24) is 10.6 Å². The zero-order chi connectivity index (χ0) is 10.2. The minimum absolute atomic E-state index is 0.111. The number of amides is 2. The lowest BCUT2D eigenvalue weighted by Gasteiger charge is -2.17. The highest BCUT2D eigenvalue weighted by Crippen LogP contribution is 2.32. The third kappa shape index (κ3) is 1.62. The van der Waals surface area contributed by atoms with Crippen LogP contribution >= 0.6 is 0 Å². The van der Waals surface area contributed by atoms with Crippen molar-refractivity contribution >= 4 is 17.8 Å². The Kier molecular flexibility index (Phi) is 2.02. The molecule has 0 aromatic rings. The molecule has 0 radical (unpaired) electrons. The van der Waals surface area contributed by atoms with Gasteiger partial charge >= 0.3 is 11.8 Å². The Labute approximate surface area is 82.0 Å². The molecule has 2 aliphatic rings. The largest absolute Gasteiger partial charge is 0.316 e. The van der Waals surface area contributed by atoms with Crippen LogP contribution in [0.2, 0.25) is 0 Å². The number of nitrogens with zero attached hydrogens (tertiary/aromatic N) is 1. The van der Waals surface area contributed by atoms with Crippen molar-refractivity contribution in [2.45, 2.75) is 38.1 Å². The summed E-state index contributed by atoms with van der Waals surface area (Å²) in [5.74, 6) is -0.930. The number of nitrogens with one attached hydrogen (secondary N) is 2. The van der Waals surface area contributed by atoms with E-state index in [1.165, 1.54) is 0 Å². The predicted octanol–water partition coefficient (Wildman–Crippen LogP) is -0.0789. The van der Waals surface area contributed by atoms with Gasteiger partial charge in [-0.2, -0.15) is 0 Å². The monoisotopic (exact) mass is 195 g/mol. The first-order chi connectivity index (χ1) is 6.59. The molecule has 76 valence electrons. The molecule has 1 heterocycles. The van der Waals surface area contributed by atoms with E-state index in [2.05, 4.69) is 15.6 Å². The third-order valence-electron chi connectivity index (χ3n) is 2.73. The quantitative estimate of drug-likeness (QED) is 0.574. The lowest BCUT2D eigenvalue weighted by molar-refractivity contribution is -0.135. The number of carbonyl (C=O) groups is 2. The Morgan fingerprint density at radius 3 is 2.14 bits per heavy atom. The van der Waals surface area contributed by atoms with Crippen LogP contribution in [0.5, 0.6) is 0 Å². The molecule has 5 nitrogen and oxygen atoms in total. The lowest BCUT2D eigenvalue weighted by atomic mass is 10.0. The fraction of sp³-hybridized carbons (Fsp3) is 0.667. The van der Waals surface area contributed by atoms with E-state index in [4.69, 9.17) is 0 Å². The maximum Gasteiger partial charge on any atom is 0.316 e. The molecule has 0 aromatic heterocycles. The van der Waals surface area contributed by atoms with Crippen LogP contribution in [0.1, 0.15) is 32.6 Å². The molecule has 1 saturated heterocycles. The molecule has 2 amide bonds. The Morgan fingerprint density at radius 2 is 1.64 bits per heavy atom. The van der Waals surface area contributed by atoms with Gasteiger partial charge in [-0.25, -0.2) is 4.99 Å². The first-order valence-corrected chi connectivity index (χ1v) is 4.81. The van der Waals surface area contributed by atoms with Crippen molar-refractivity contribution in [3.05, 3.63) is 0 Å². The molecule has 0 bridgehead atoms. The van der Waals surface area contributed by atoms with Crippen molar-refractivity contribution in [2.75, 3.05) is 0 Å². The summed E-state index contributed by atoms with van der Waals surface area (Å²) in [5, 5.41) is 4.81. The molecule has 1 saturated carbocycles. The molecule has 14 heavy (non-hydrogen) atoms. The number of hydrogen-bond donors (Lipinski definition) is 2. The second-order valence-corrected chi connectivity index (χ2v) is 4.07. The van der Waals surface area contributed by atoms with Gasteiger partial charge in [0.25, 0.3) is 0 Å². The smallest absolute Gasteiger partial charge is 0.288 e. The van der Waals surface area contributed by atoms with Crippen molar-refractivity contribution in [2.24, 2.45) is 4.99 Å². The lowest BCUT2D eigenvalue weighted by Crippen LogP contribution is -2.31. The Morgan fingerprint density at radius 1 is 1.14 bits per heavy atom. The first kappa shape index (κ1) is 9.18. The van der Waals surface area contributed by atoms with E-state index >= 15 is 0 Å². The van der Waals surface area contributed by atoms with E-state index in [1.54, 1.807) is 0 Å². The standard InChI is InChI=1S/C9H13N3O2/c1-9(4-2-3-5-9)12-8-10-6(13)7(14)11-8/h2-5H2,1H3,(H2,10,11,12,13,14). The molecule has 0 spiro atoms. The fourth-order valence-electron chi connectivity index (χ4n) is 1.93. The molecular weight excluding hydrogens is 182 g/mol.